The lowest BCUT2D eigenvalue weighted by Crippen LogP contribution is -2.52. The van der Waals surface area contributed by atoms with E-state index in [9.17, 15) is 34.1 Å². The predicted octanol–water partition coefficient (Wildman–Crippen LogP) is 4.78. The van der Waals surface area contributed by atoms with Crippen LogP contribution in [0, 0.1) is 34.8 Å². The number of esters is 1. The first-order chi connectivity index (χ1) is 20.5. The van der Waals surface area contributed by atoms with Gasteiger partial charge in [0.15, 0.2) is 5.78 Å². The van der Waals surface area contributed by atoms with Crippen LogP contribution in [0.2, 0.25) is 0 Å². The van der Waals surface area contributed by atoms with Crippen LogP contribution in [0.15, 0.2) is 72.8 Å². The number of rotatable bonds is 8. The van der Waals surface area contributed by atoms with Crippen molar-refractivity contribution < 1.29 is 33.6 Å². The number of hydrogen-bond donors (Lipinski definition) is 0. The van der Waals surface area contributed by atoms with Crippen molar-refractivity contribution in [2.24, 2.45) is 17.8 Å². The van der Waals surface area contributed by atoms with E-state index in [0.29, 0.717) is 18.4 Å². The van der Waals surface area contributed by atoms with Gasteiger partial charge in [0.25, 0.3) is 23.4 Å². The van der Waals surface area contributed by atoms with Crippen LogP contribution in [0.25, 0.3) is 0 Å². The zero-order chi connectivity index (χ0) is 30.8. The van der Waals surface area contributed by atoms with Crippen molar-refractivity contribution in [3.8, 4) is 5.75 Å². The Bertz CT molecular complexity index is 1600. The Morgan fingerprint density at radius 3 is 2.07 bits per heavy atom. The first-order valence-corrected chi connectivity index (χ1v) is 13.9. The Morgan fingerprint density at radius 2 is 1.44 bits per heavy atom. The van der Waals surface area contributed by atoms with E-state index in [2.05, 4.69) is 0 Å². The highest BCUT2D eigenvalue weighted by Crippen LogP contribution is 2.41. The van der Waals surface area contributed by atoms with Crippen molar-refractivity contribution in [2.75, 3.05) is 6.54 Å². The highest BCUT2D eigenvalue weighted by molar-refractivity contribution is 6.09. The molecule has 5 rings (SSSR count). The number of carbonyl (C=O) groups excluding carboxylic acids is 5. The minimum absolute atomic E-state index is 0.0272. The van der Waals surface area contributed by atoms with Gasteiger partial charge in [0.2, 0.25) is 0 Å². The highest BCUT2D eigenvalue weighted by Gasteiger charge is 2.52. The maximum Gasteiger partial charge on any atom is 0.343 e. The zero-order valence-corrected chi connectivity index (χ0v) is 23.6. The van der Waals surface area contributed by atoms with Crippen LogP contribution < -0.4 is 4.74 Å². The smallest absolute Gasteiger partial charge is 0.343 e. The minimum Gasteiger partial charge on any atom is -0.423 e. The van der Waals surface area contributed by atoms with Crippen LogP contribution in [0.1, 0.15) is 62.8 Å². The summed E-state index contributed by atoms with van der Waals surface area (Å²) in [6.07, 6.45) is 1.77. The first-order valence-electron chi connectivity index (χ1n) is 13.9. The van der Waals surface area contributed by atoms with E-state index in [1.54, 1.807) is 24.3 Å². The van der Waals surface area contributed by atoms with Gasteiger partial charge < -0.3 is 4.74 Å². The van der Waals surface area contributed by atoms with E-state index in [4.69, 9.17) is 4.74 Å². The van der Waals surface area contributed by atoms with Gasteiger partial charge in [-0.2, -0.15) is 5.01 Å². The van der Waals surface area contributed by atoms with E-state index in [0.717, 1.165) is 34.1 Å². The van der Waals surface area contributed by atoms with Crippen LogP contribution in [-0.2, 0) is 9.59 Å². The molecule has 11 heteroatoms. The second kappa shape index (κ2) is 12.0. The van der Waals surface area contributed by atoms with Gasteiger partial charge in [-0.25, -0.2) is 9.80 Å². The third-order valence-electron chi connectivity index (χ3n) is 7.93. The van der Waals surface area contributed by atoms with E-state index in [1.165, 1.54) is 36.4 Å². The first kappa shape index (κ1) is 29.3. The second-order valence-electron chi connectivity index (χ2n) is 11.0. The number of ether oxygens (including phenoxy) is 1. The van der Waals surface area contributed by atoms with E-state index >= 15 is 0 Å². The number of ketones is 1. The van der Waals surface area contributed by atoms with Crippen molar-refractivity contribution >= 4 is 35.2 Å². The standard InChI is InChI=1S/C32H29N3O8/c1-19-3-6-23(7-4-19)32(40)43-25-14-10-21(11-15-25)28(36)18-33(29(37)22-8-12-24(13-9-22)35(41)42)34-30(38)26-16-5-20(2)17-27(26)31(34)39/h3-4,6-15,20,26-27H,5,16-18H2,1-2H3/t20-,26+,27+/m0/s1. The molecule has 0 N–H and O–H groups in total. The molecule has 3 atom stereocenters. The van der Waals surface area contributed by atoms with Gasteiger partial charge in [-0.3, -0.25) is 29.3 Å². The number of fused-ring (bicyclic) bond motifs is 1. The van der Waals surface area contributed by atoms with Gasteiger partial charge in [-0.15, -0.1) is 0 Å². The largest absolute Gasteiger partial charge is 0.423 e. The van der Waals surface area contributed by atoms with Gasteiger partial charge in [0, 0.05) is 23.3 Å². The highest BCUT2D eigenvalue weighted by atomic mass is 16.6. The summed E-state index contributed by atoms with van der Waals surface area (Å²) in [6, 6.07) is 17.3. The molecule has 0 unspecified atom stereocenters. The summed E-state index contributed by atoms with van der Waals surface area (Å²) in [5, 5.41) is 12.7. The van der Waals surface area contributed by atoms with Crippen LogP contribution in [0.3, 0.4) is 0 Å². The summed E-state index contributed by atoms with van der Waals surface area (Å²) in [7, 11) is 0. The number of aryl methyl sites for hydroxylation is 1. The second-order valence-corrected chi connectivity index (χ2v) is 11.0. The van der Waals surface area contributed by atoms with E-state index < -0.39 is 52.8 Å². The lowest BCUT2D eigenvalue weighted by molar-refractivity contribution is -0.384. The van der Waals surface area contributed by atoms with Gasteiger partial charge in [0.05, 0.1) is 22.3 Å². The fraction of sp³-hybridized carbons (Fsp3) is 0.281. The number of nitro benzene ring substituents is 1. The molecular formula is C32H29N3O8. The quantitative estimate of drug-likeness (QED) is 0.0920. The minimum atomic E-state index is -0.819. The molecular weight excluding hydrogens is 554 g/mol. The SMILES string of the molecule is Cc1ccc(C(=O)Oc2ccc(C(=O)CN(C(=O)c3ccc([N+](=O)[O-])cc3)N3C(=O)[C@@H]4CC[C@H](C)C[C@H]4C3=O)cc2)cc1. The maximum absolute atomic E-state index is 13.7. The third kappa shape index (κ3) is 6.06. The molecule has 220 valence electrons. The molecule has 1 aliphatic heterocycles. The topological polar surface area (TPSA) is 144 Å². The number of carbonyl (C=O) groups is 5. The number of amides is 3. The average Bonchev–Trinajstić information content (AvgIpc) is 3.24. The van der Waals surface area contributed by atoms with Gasteiger partial charge in [-0.1, -0.05) is 24.6 Å². The van der Waals surface area contributed by atoms with Crippen LogP contribution in [0.4, 0.5) is 5.69 Å². The number of hydrogen-bond acceptors (Lipinski definition) is 8. The maximum atomic E-state index is 13.7. The number of imide groups is 1. The van der Waals surface area contributed by atoms with Gasteiger partial charge >= 0.3 is 5.97 Å². The fourth-order valence-corrected chi connectivity index (χ4v) is 5.51. The van der Waals surface area contributed by atoms with Crippen molar-refractivity contribution in [3.05, 3.63) is 105 Å². The molecule has 2 fully saturated rings. The summed E-state index contributed by atoms with van der Waals surface area (Å²) in [4.78, 5) is 76.9. The zero-order valence-electron chi connectivity index (χ0n) is 23.6. The summed E-state index contributed by atoms with van der Waals surface area (Å²) in [5.74, 6) is -3.77. The van der Waals surface area contributed by atoms with Crippen LogP contribution >= 0.6 is 0 Å². The summed E-state index contributed by atoms with van der Waals surface area (Å²) in [6.45, 7) is 3.26. The molecule has 3 aromatic rings. The normalized spacial score (nSPS) is 19.5. The van der Waals surface area contributed by atoms with Gasteiger partial charge in [-0.05, 0) is 80.6 Å². The fourth-order valence-electron chi connectivity index (χ4n) is 5.51. The summed E-state index contributed by atoms with van der Waals surface area (Å²) >= 11 is 0. The predicted molar refractivity (Wildman–Crippen MR) is 153 cm³/mol. The molecule has 3 amide bonds. The Balaban J connectivity index is 1.38. The molecule has 1 saturated heterocycles. The molecule has 0 radical (unpaired) electrons. The summed E-state index contributed by atoms with van der Waals surface area (Å²) in [5.41, 5.74) is 1.24. The molecule has 11 nitrogen and oxygen atoms in total. The summed E-state index contributed by atoms with van der Waals surface area (Å²) < 4.78 is 5.39. The van der Waals surface area contributed by atoms with Crippen molar-refractivity contribution in [1.29, 1.82) is 0 Å². The van der Waals surface area contributed by atoms with Crippen molar-refractivity contribution in [2.45, 2.75) is 33.1 Å². The van der Waals surface area contributed by atoms with Crippen LogP contribution in [-0.4, -0.2) is 51.0 Å². The van der Waals surface area contributed by atoms with Gasteiger partial charge in [0.1, 0.15) is 12.3 Å². The molecule has 2 aliphatic rings. The Labute approximate surface area is 247 Å². The molecule has 1 saturated carbocycles. The Hall–Kier alpha value is -5.19. The molecule has 1 heterocycles. The molecule has 0 aromatic heterocycles. The third-order valence-corrected chi connectivity index (χ3v) is 7.93. The number of non-ortho nitro benzene ring substituents is 1. The molecule has 0 spiro atoms. The molecule has 3 aromatic carbocycles. The Kier molecular flexibility index (Phi) is 8.16. The lowest BCUT2D eigenvalue weighted by atomic mass is 9.76. The number of benzene rings is 3. The lowest BCUT2D eigenvalue weighted by Gasteiger charge is -2.30. The molecule has 1 aliphatic carbocycles. The Morgan fingerprint density at radius 1 is 0.860 bits per heavy atom. The number of hydrazine groups is 1. The van der Waals surface area contributed by atoms with Crippen molar-refractivity contribution in [3.63, 3.8) is 0 Å². The van der Waals surface area contributed by atoms with Crippen molar-refractivity contribution in [1.82, 2.24) is 10.0 Å². The monoisotopic (exact) mass is 583 g/mol. The van der Waals surface area contributed by atoms with E-state index in [-0.39, 0.29) is 28.5 Å². The molecule has 43 heavy (non-hydrogen) atoms. The van der Waals surface area contributed by atoms with E-state index in [1.807, 2.05) is 13.8 Å². The number of nitro groups is 1. The number of nitrogens with zero attached hydrogens (tertiary/aromatic N) is 3. The number of Topliss-reactive ketones (excluding diaryl/α,β-unsaturated/α-hetero) is 1. The average molecular weight is 584 g/mol. The van der Waals surface area contributed by atoms with Crippen LogP contribution in [0.5, 0.6) is 5.75 Å². The molecule has 0 bridgehead atoms.